The number of aryl methyl sites for hydroxylation is 1. The minimum absolute atomic E-state index is 0.0935. The van der Waals surface area contributed by atoms with E-state index in [9.17, 15) is 4.79 Å². The molecule has 2 rings (SSSR count). The molecule has 2 atom stereocenters. The van der Waals surface area contributed by atoms with E-state index in [-0.39, 0.29) is 18.1 Å². The Labute approximate surface area is 134 Å². The quantitative estimate of drug-likeness (QED) is 0.859. The van der Waals surface area contributed by atoms with Crippen LogP contribution in [0.5, 0.6) is 5.75 Å². The molecular weight excluding hydrogens is 298 g/mol. The third kappa shape index (κ3) is 5.04. The molecule has 1 aromatic heterocycles. The lowest BCUT2D eigenvalue weighted by atomic mass is 10.2. The summed E-state index contributed by atoms with van der Waals surface area (Å²) in [7, 11) is 0. The highest BCUT2D eigenvalue weighted by molar-refractivity contribution is 7.09. The van der Waals surface area contributed by atoms with E-state index in [1.807, 2.05) is 50.4 Å². The number of urea groups is 1. The number of aromatic nitrogens is 1. The molecule has 0 bridgehead atoms. The molecular formula is C16H21N3O2S. The van der Waals surface area contributed by atoms with Gasteiger partial charge in [0.2, 0.25) is 0 Å². The molecule has 5 nitrogen and oxygen atoms in total. The molecule has 118 valence electrons. The van der Waals surface area contributed by atoms with Crippen molar-refractivity contribution in [2.75, 3.05) is 6.61 Å². The first kappa shape index (κ1) is 16.3. The number of rotatable bonds is 6. The van der Waals surface area contributed by atoms with Crippen LogP contribution < -0.4 is 15.4 Å². The van der Waals surface area contributed by atoms with Crippen LogP contribution in [0.4, 0.5) is 4.79 Å². The highest BCUT2D eigenvalue weighted by Crippen LogP contribution is 2.14. The van der Waals surface area contributed by atoms with Gasteiger partial charge < -0.3 is 15.4 Å². The van der Waals surface area contributed by atoms with Crippen LogP contribution in [0, 0.1) is 6.92 Å². The van der Waals surface area contributed by atoms with Gasteiger partial charge in [0.25, 0.3) is 0 Å². The Morgan fingerprint density at radius 1 is 1.36 bits per heavy atom. The second-order valence-electron chi connectivity index (χ2n) is 5.24. The van der Waals surface area contributed by atoms with Crippen molar-refractivity contribution in [2.24, 2.45) is 0 Å². The Morgan fingerprint density at radius 2 is 2.18 bits per heavy atom. The van der Waals surface area contributed by atoms with E-state index in [1.165, 1.54) is 11.3 Å². The summed E-state index contributed by atoms with van der Waals surface area (Å²) >= 11 is 1.52. The van der Waals surface area contributed by atoms with Gasteiger partial charge in [0.15, 0.2) is 0 Å². The van der Waals surface area contributed by atoms with Crippen molar-refractivity contribution in [1.82, 2.24) is 15.6 Å². The minimum Gasteiger partial charge on any atom is -0.491 e. The van der Waals surface area contributed by atoms with Gasteiger partial charge in [-0.3, -0.25) is 0 Å². The number of nitrogens with one attached hydrogen (secondary N) is 2. The summed E-state index contributed by atoms with van der Waals surface area (Å²) in [5.74, 6) is 0.810. The van der Waals surface area contributed by atoms with E-state index in [4.69, 9.17) is 4.74 Å². The van der Waals surface area contributed by atoms with Crippen LogP contribution >= 0.6 is 11.3 Å². The molecule has 22 heavy (non-hydrogen) atoms. The SMILES string of the molecule is Cc1cccc(OC[C@@H](C)NC(=O)N[C@@H](C)c2nccs2)c1. The molecule has 0 spiro atoms. The molecule has 0 unspecified atom stereocenters. The van der Waals surface area contributed by atoms with Gasteiger partial charge in [-0.2, -0.15) is 0 Å². The number of thiazole rings is 1. The van der Waals surface area contributed by atoms with Gasteiger partial charge in [-0.1, -0.05) is 12.1 Å². The molecule has 0 saturated carbocycles. The van der Waals surface area contributed by atoms with E-state index in [0.29, 0.717) is 6.61 Å². The van der Waals surface area contributed by atoms with Crippen molar-refractivity contribution in [1.29, 1.82) is 0 Å². The smallest absolute Gasteiger partial charge is 0.315 e. The van der Waals surface area contributed by atoms with Crippen molar-refractivity contribution in [3.8, 4) is 5.75 Å². The van der Waals surface area contributed by atoms with Gasteiger partial charge in [0.1, 0.15) is 17.4 Å². The molecule has 0 fully saturated rings. The number of hydrogen-bond donors (Lipinski definition) is 2. The maximum atomic E-state index is 11.9. The first-order valence-electron chi connectivity index (χ1n) is 7.20. The number of hydrogen-bond acceptors (Lipinski definition) is 4. The maximum Gasteiger partial charge on any atom is 0.315 e. The molecule has 1 aromatic carbocycles. The standard InChI is InChI=1S/C16H21N3O2S/c1-11-5-4-6-14(9-11)21-10-12(2)18-16(20)19-13(3)15-17-7-8-22-15/h4-9,12-13H,10H2,1-3H3,(H2,18,19,20)/t12-,13+/m1/s1. The number of carbonyl (C=O) groups excluding carboxylic acids is 1. The summed E-state index contributed by atoms with van der Waals surface area (Å²) in [6.07, 6.45) is 1.73. The van der Waals surface area contributed by atoms with Gasteiger partial charge in [-0.05, 0) is 38.5 Å². The van der Waals surface area contributed by atoms with E-state index in [1.54, 1.807) is 6.20 Å². The monoisotopic (exact) mass is 319 g/mol. The minimum atomic E-state index is -0.219. The Hall–Kier alpha value is -2.08. The van der Waals surface area contributed by atoms with Crippen LogP contribution in [-0.4, -0.2) is 23.7 Å². The predicted octanol–water partition coefficient (Wildman–Crippen LogP) is 3.28. The predicted molar refractivity (Wildman–Crippen MR) is 88.3 cm³/mol. The molecule has 1 heterocycles. The van der Waals surface area contributed by atoms with Gasteiger partial charge in [0, 0.05) is 11.6 Å². The second kappa shape index (κ2) is 7.79. The lowest BCUT2D eigenvalue weighted by Crippen LogP contribution is -2.44. The molecule has 0 radical (unpaired) electrons. The van der Waals surface area contributed by atoms with Crippen LogP contribution in [0.3, 0.4) is 0 Å². The van der Waals surface area contributed by atoms with E-state index < -0.39 is 0 Å². The normalized spacial score (nSPS) is 13.2. The van der Waals surface area contributed by atoms with E-state index in [2.05, 4.69) is 15.6 Å². The van der Waals surface area contributed by atoms with Gasteiger partial charge >= 0.3 is 6.03 Å². The Bertz CT molecular complexity index is 601. The summed E-state index contributed by atoms with van der Waals surface area (Å²) < 4.78 is 5.67. The highest BCUT2D eigenvalue weighted by atomic mass is 32.1. The fourth-order valence-electron chi connectivity index (χ4n) is 1.94. The Balaban J connectivity index is 1.74. The first-order chi connectivity index (χ1) is 10.5. The van der Waals surface area contributed by atoms with Gasteiger partial charge in [-0.15, -0.1) is 11.3 Å². The summed E-state index contributed by atoms with van der Waals surface area (Å²) in [5, 5.41) is 8.50. The number of amides is 2. The van der Waals surface area contributed by atoms with Gasteiger partial charge in [-0.25, -0.2) is 9.78 Å². The lowest BCUT2D eigenvalue weighted by Gasteiger charge is -2.17. The topological polar surface area (TPSA) is 63.2 Å². The maximum absolute atomic E-state index is 11.9. The average Bonchev–Trinajstić information content (AvgIpc) is 2.99. The first-order valence-corrected chi connectivity index (χ1v) is 8.08. The molecule has 0 aliphatic heterocycles. The third-order valence-corrected chi connectivity index (χ3v) is 3.99. The van der Waals surface area contributed by atoms with Crippen molar-refractivity contribution < 1.29 is 9.53 Å². The fraction of sp³-hybridized carbons (Fsp3) is 0.375. The lowest BCUT2D eigenvalue weighted by molar-refractivity contribution is 0.224. The average molecular weight is 319 g/mol. The van der Waals surface area contributed by atoms with Crippen LogP contribution in [-0.2, 0) is 0 Å². The Morgan fingerprint density at radius 3 is 2.86 bits per heavy atom. The molecule has 0 saturated heterocycles. The van der Waals surface area contributed by atoms with Crippen molar-refractivity contribution in [3.05, 3.63) is 46.4 Å². The zero-order chi connectivity index (χ0) is 15.9. The third-order valence-electron chi connectivity index (χ3n) is 3.04. The second-order valence-corrected chi connectivity index (χ2v) is 6.16. The highest BCUT2D eigenvalue weighted by Gasteiger charge is 2.13. The van der Waals surface area contributed by atoms with E-state index in [0.717, 1.165) is 16.3 Å². The largest absolute Gasteiger partial charge is 0.491 e. The molecule has 2 aromatic rings. The van der Waals surface area contributed by atoms with Crippen LogP contribution in [0.2, 0.25) is 0 Å². The number of ether oxygens (including phenoxy) is 1. The fourth-order valence-corrected chi connectivity index (χ4v) is 2.59. The molecule has 2 N–H and O–H groups in total. The van der Waals surface area contributed by atoms with E-state index >= 15 is 0 Å². The van der Waals surface area contributed by atoms with Crippen LogP contribution in [0.1, 0.15) is 30.5 Å². The molecule has 0 aliphatic carbocycles. The van der Waals surface area contributed by atoms with Gasteiger partial charge in [0.05, 0.1) is 12.1 Å². The number of benzene rings is 1. The molecule has 6 heteroatoms. The molecule has 0 aliphatic rings. The summed E-state index contributed by atoms with van der Waals surface area (Å²) in [6.45, 7) is 6.25. The summed E-state index contributed by atoms with van der Waals surface area (Å²) in [5.41, 5.74) is 1.15. The summed E-state index contributed by atoms with van der Waals surface area (Å²) in [6, 6.07) is 7.42. The van der Waals surface area contributed by atoms with Crippen molar-refractivity contribution in [2.45, 2.75) is 32.9 Å². The van der Waals surface area contributed by atoms with Crippen molar-refractivity contribution in [3.63, 3.8) is 0 Å². The van der Waals surface area contributed by atoms with Crippen molar-refractivity contribution >= 4 is 17.4 Å². The van der Waals surface area contributed by atoms with Crippen LogP contribution in [0.15, 0.2) is 35.8 Å². The summed E-state index contributed by atoms with van der Waals surface area (Å²) in [4.78, 5) is 16.1. The van der Waals surface area contributed by atoms with Crippen LogP contribution in [0.25, 0.3) is 0 Å². The zero-order valence-corrected chi connectivity index (χ0v) is 13.8. The number of carbonyl (C=O) groups is 1. The Kier molecular flexibility index (Phi) is 5.77. The number of nitrogens with zero attached hydrogens (tertiary/aromatic N) is 1. The molecule has 2 amide bonds. The zero-order valence-electron chi connectivity index (χ0n) is 13.0.